The van der Waals surface area contributed by atoms with Crippen molar-refractivity contribution < 1.29 is 24.5 Å². The van der Waals surface area contributed by atoms with Crippen molar-refractivity contribution in [2.75, 3.05) is 13.2 Å². The van der Waals surface area contributed by atoms with Gasteiger partial charge < -0.3 is 20.3 Å². The lowest BCUT2D eigenvalue weighted by Crippen LogP contribution is -2.45. The predicted octanol–water partition coefficient (Wildman–Crippen LogP) is 23.9. The number of carbonyl (C=O) groups excluding carboxylic acids is 2. The summed E-state index contributed by atoms with van der Waals surface area (Å²) in [7, 11) is 0. The fourth-order valence-corrected chi connectivity index (χ4v) is 11.6. The van der Waals surface area contributed by atoms with Crippen molar-refractivity contribution in [3.8, 4) is 0 Å². The molecule has 2 atom stereocenters. The molecule has 1 amide bonds. The first-order valence-corrected chi connectivity index (χ1v) is 36.7. The number of hydrogen-bond acceptors (Lipinski definition) is 5. The van der Waals surface area contributed by atoms with Gasteiger partial charge in [0.15, 0.2) is 0 Å². The minimum Gasteiger partial charge on any atom is -0.466 e. The van der Waals surface area contributed by atoms with Gasteiger partial charge in [-0.15, -0.1) is 0 Å². The Morgan fingerprint density at radius 3 is 0.975 bits per heavy atom. The summed E-state index contributed by atoms with van der Waals surface area (Å²) in [6.07, 6.45) is 90.8. The van der Waals surface area contributed by atoms with Gasteiger partial charge in [0.2, 0.25) is 5.91 Å². The molecule has 0 saturated carbocycles. The van der Waals surface area contributed by atoms with Crippen LogP contribution in [0, 0.1) is 0 Å². The van der Waals surface area contributed by atoms with Crippen LogP contribution in [0.2, 0.25) is 0 Å². The van der Waals surface area contributed by atoms with E-state index in [-0.39, 0.29) is 18.5 Å². The van der Waals surface area contributed by atoms with Crippen molar-refractivity contribution in [3.05, 3.63) is 36.5 Å². The molecule has 478 valence electrons. The maximum absolute atomic E-state index is 12.5. The monoisotopic (exact) mass is 1140 g/mol. The fraction of sp³-hybridized carbons (Fsp3) is 0.893. The minimum absolute atomic E-state index is 0.00768. The summed E-state index contributed by atoms with van der Waals surface area (Å²) in [5.41, 5.74) is 0. The molecule has 0 fully saturated rings. The number of amides is 1. The van der Waals surface area contributed by atoms with E-state index in [1.807, 2.05) is 0 Å². The zero-order chi connectivity index (χ0) is 58.5. The van der Waals surface area contributed by atoms with Gasteiger partial charge in [-0.1, -0.05) is 346 Å². The van der Waals surface area contributed by atoms with Crippen LogP contribution in [0.25, 0.3) is 0 Å². The van der Waals surface area contributed by atoms with Crippen LogP contribution in [-0.4, -0.2) is 47.4 Å². The highest BCUT2D eigenvalue weighted by molar-refractivity contribution is 5.76. The molecule has 0 aromatic rings. The second-order valence-electron chi connectivity index (χ2n) is 25.3. The number of ether oxygens (including phenoxy) is 1. The van der Waals surface area contributed by atoms with Crippen LogP contribution in [-0.2, 0) is 14.3 Å². The molecular formula is C75H143NO5. The Morgan fingerprint density at radius 1 is 0.346 bits per heavy atom. The van der Waals surface area contributed by atoms with Crippen molar-refractivity contribution in [1.29, 1.82) is 0 Å². The zero-order valence-corrected chi connectivity index (χ0v) is 54.8. The molecule has 6 nitrogen and oxygen atoms in total. The third-order valence-electron chi connectivity index (χ3n) is 17.2. The van der Waals surface area contributed by atoms with Gasteiger partial charge in [-0.3, -0.25) is 9.59 Å². The maximum atomic E-state index is 12.5. The summed E-state index contributed by atoms with van der Waals surface area (Å²) < 4.78 is 5.49. The van der Waals surface area contributed by atoms with Gasteiger partial charge in [-0.25, -0.2) is 0 Å². The van der Waals surface area contributed by atoms with Gasteiger partial charge in [0.1, 0.15) is 0 Å². The number of allylic oxidation sites excluding steroid dienone is 6. The fourth-order valence-electron chi connectivity index (χ4n) is 11.6. The molecule has 0 heterocycles. The third-order valence-corrected chi connectivity index (χ3v) is 17.2. The molecule has 0 bridgehead atoms. The highest BCUT2D eigenvalue weighted by Gasteiger charge is 2.20. The Labute approximate surface area is 506 Å². The van der Waals surface area contributed by atoms with E-state index in [4.69, 9.17) is 4.74 Å². The molecule has 0 aliphatic carbocycles. The van der Waals surface area contributed by atoms with Gasteiger partial charge in [0.05, 0.1) is 25.4 Å². The molecular weight excluding hydrogens is 995 g/mol. The third kappa shape index (κ3) is 67.1. The molecule has 3 N–H and O–H groups in total. The smallest absolute Gasteiger partial charge is 0.305 e. The first-order chi connectivity index (χ1) is 40.0. The minimum atomic E-state index is -0.660. The lowest BCUT2D eigenvalue weighted by atomic mass is 10.0. The molecule has 0 aliphatic heterocycles. The van der Waals surface area contributed by atoms with Gasteiger partial charge in [-0.2, -0.15) is 0 Å². The topological polar surface area (TPSA) is 95.9 Å². The molecule has 2 unspecified atom stereocenters. The standard InChI is InChI=1S/C75H143NO5/c1-3-5-7-9-11-13-15-17-41-45-49-53-57-61-65-69-75(80)81-70-66-62-58-54-50-46-43-40-38-36-34-32-30-28-26-24-22-20-18-19-21-23-25-27-29-31-33-35-37-39-42-44-48-52-56-60-64-68-74(79)76-72(71-77)73(78)67-63-59-55-51-47-16-14-12-10-8-6-4-2/h11,13,17-18,20,41,72-73,77-78H,3-10,12,14-16,19,21-40,42-71H2,1-2H3,(H,76,79)/b13-11-,20-18-,41-17-. The van der Waals surface area contributed by atoms with Crippen LogP contribution in [0.5, 0.6) is 0 Å². The lowest BCUT2D eigenvalue weighted by Gasteiger charge is -2.22. The van der Waals surface area contributed by atoms with E-state index in [9.17, 15) is 19.8 Å². The van der Waals surface area contributed by atoms with Crippen LogP contribution < -0.4 is 5.32 Å². The van der Waals surface area contributed by atoms with E-state index in [0.717, 1.165) is 51.4 Å². The summed E-state index contributed by atoms with van der Waals surface area (Å²) in [5, 5.41) is 23.3. The number of aliphatic hydroxyl groups excluding tert-OH is 2. The van der Waals surface area contributed by atoms with Crippen molar-refractivity contribution in [3.63, 3.8) is 0 Å². The molecule has 0 rings (SSSR count). The maximum Gasteiger partial charge on any atom is 0.305 e. The highest BCUT2D eigenvalue weighted by atomic mass is 16.5. The lowest BCUT2D eigenvalue weighted by molar-refractivity contribution is -0.143. The highest BCUT2D eigenvalue weighted by Crippen LogP contribution is 2.19. The van der Waals surface area contributed by atoms with Crippen molar-refractivity contribution in [2.24, 2.45) is 0 Å². The van der Waals surface area contributed by atoms with Gasteiger partial charge >= 0.3 is 5.97 Å². The number of unbranched alkanes of at least 4 members (excludes halogenated alkanes) is 52. The number of rotatable bonds is 69. The quantitative estimate of drug-likeness (QED) is 0.0320. The van der Waals surface area contributed by atoms with Gasteiger partial charge in [0.25, 0.3) is 0 Å². The second-order valence-corrected chi connectivity index (χ2v) is 25.3. The number of aliphatic hydroxyl groups is 2. The number of esters is 1. The van der Waals surface area contributed by atoms with Crippen LogP contribution in [0.3, 0.4) is 0 Å². The van der Waals surface area contributed by atoms with Gasteiger partial charge in [0, 0.05) is 12.8 Å². The van der Waals surface area contributed by atoms with Gasteiger partial charge in [-0.05, 0) is 83.5 Å². The molecule has 81 heavy (non-hydrogen) atoms. The number of carbonyl (C=O) groups is 2. The summed E-state index contributed by atoms with van der Waals surface area (Å²) in [6, 6.07) is -0.537. The Morgan fingerprint density at radius 2 is 0.617 bits per heavy atom. The summed E-state index contributed by atoms with van der Waals surface area (Å²) >= 11 is 0. The molecule has 6 heteroatoms. The molecule has 0 spiro atoms. The van der Waals surface area contributed by atoms with E-state index in [2.05, 4.69) is 55.6 Å². The van der Waals surface area contributed by atoms with E-state index >= 15 is 0 Å². The van der Waals surface area contributed by atoms with Crippen LogP contribution >= 0.6 is 0 Å². The Balaban J connectivity index is 3.32. The molecule has 0 aliphatic rings. The number of hydrogen-bond donors (Lipinski definition) is 3. The number of nitrogens with one attached hydrogen (secondary N) is 1. The van der Waals surface area contributed by atoms with Crippen LogP contribution in [0.15, 0.2) is 36.5 Å². The van der Waals surface area contributed by atoms with Crippen LogP contribution in [0.1, 0.15) is 406 Å². The second kappa shape index (κ2) is 70.6. The molecule has 0 aromatic carbocycles. The molecule has 0 saturated heterocycles. The van der Waals surface area contributed by atoms with E-state index in [1.165, 1.54) is 321 Å². The Hall–Kier alpha value is -1.92. The molecule has 0 aromatic heterocycles. The van der Waals surface area contributed by atoms with E-state index in [0.29, 0.717) is 25.9 Å². The SMILES string of the molecule is CCCCC/C=C\C/C=C\CCCCCCCC(=O)OCCCCCCCCCCCCCCCCCC/C=C\CCCCCCCCCCCCCCCCCCCC(=O)NC(CO)C(O)CCCCCCCCCCCCCC. The summed E-state index contributed by atoms with van der Waals surface area (Å²) in [5.74, 6) is -0.0219. The largest absolute Gasteiger partial charge is 0.466 e. The molecule has 0 radical (unpaired) electrons. The van der Waals surface area contributed by atoms with Crippen molar-refractivity contribution in [2.45, 2.75) is 418 Å². The average Bonchev–Trinajstić information content (AvgIpc) is 3.47. The normalized spacial score (nSPS) is 12.7. The first-order valence-electron chi connectivity index (χ1n) is 36.7. The Bertz CT molecular complexity index is 1310. The summed E-state index contributed by atoms with van der Waals surface area (Å²) in [4.78, 5) is 24.5. The van der Waals surface area contributed by atoms with E-state index in [1.54, 1.807) is 0 Å². The average molecular weight is 1140 g/mol. The van der Waals surface area contributed by atoms with Crippen LogP contribution in [0.4, 0.5) is 0 Å². The zero-order valence-electron chi connectivity index (χ0n) is 54.8. The predicted molar refractivity (Wildman–Crippen MR) is 356 cm³/mol. The van der Waals surface area contributed by atoms with E-state index < -0.39 is 12.1 Å². The van der Waals surface area contributed by atoms with Crippen molar-refractivity contribution >= 4 is 11.9 Å². The Kier molecular flexibility index (Phi) is 68.9. The summed E-state index contributed by atoms with van der Waals surface area (Å²) in [6.45, 7) is 4.94. The van der Waals surface area contributed by atoms with Crippen molar-refractivity contribution in [1.82, 2.24) is 5.32 Å². The first kappa shape index (κ1) is 79.1.